The van der Waals surface area contributed by atoms with Crippen molar-refractivity contribution in [1.29, 1.82) is 0 Å². The van der Waals surface area contributed by atoms with Crippen molar-refractivity contribution in [2.75, 3.05) is 0 Å². The average Bonchev–Trinajstić information content (AvgIpc) is 3.71. The van der Waals surface area contributed by atoms with Gasteiger partial charge in [0, 0.05) is 48.7 Å². The van der Waals surface area contributed by atoms with Gasteiger partial charge in [-0.1, -0.05) is 113 Å². The van der Waals surface area contributed by atoms with Crippen LogP contribution in [0.1, 0.15) is 52.7 Å². The first kappa shape index (κ1) is 36.9. The SMILES string of the molecule is CC(C)(C)c1c[c-]c(-c2ccccn2)c2oc3c(-n4c5ccccc5c5ccccc54)c(F)ccc3c12.CC(C)(C)c1ccc(-c2[c-]cccc2)nc1.[Ir]. The molecule has 0 bridgehead atoms. The van der Waals surface area contributed by atoms with Crippen LogP contribution in [0.3, 0.4) is 0 Å². The number of rotatable bonds is 3. The third-order valence-corrected chi connectivity index (χ3v) is 9.79. The van der Waals surface area contributed by atoms with E-state index in [1.54, 1.807) is 12.3 Å². The van der Waals surface area contributed by atoms with Gasteiger partial charge in [-0.2, -0.15) is 0 Å². The van der Waals surface area contributed by atoms with Crippen LogP contribution >= 0.6 is 0 Å². The second kappa shape index (κ2) is 14.4. The second-order valence-electron chi connectivity index (χ2n) is 15.4. The average molecular weight is 886 g/mol. The quantitative estimate of drug-likeness (QED) is 0.166. The number of hydrogen-bond donors (Lipinski definition) is 0. The second-order valence-corrected chi connectivity index (χ2v) is 15.4. The van der Waals surface area contributed by atoms with Gasteiger partial charge in [0.1, 0.15) is 11.3 Å². The van der Waals surface area contributed by atoms with Crippen molar-refractivity contribution in [3.05, 3.63) is 163 Å². The van der Waals surface area contributed by atoms with Crippen LogP contribution in [0.5, 0.6) is 0 Å². The summed E-state index contributed by atoms with van der Waals surface area (Å²) in [5, 5.41) is 4.00. The van der Waals surface area contributed by atoms with Gasteiger partial charge in [0.15, 0.2) is 5.82 Å². The molecule has 54 heavy (non-hydrogen) atoms. The van der Waals surface area contributed by atoms with Crippen LogP contribution < -0.4 is 0 Å². The predicted molar refractivity (Wildman–Crippen MR) is 216 cm³/mol. The Morgan fingerprint density at radius 1 is 0.630 bits per heavy atom. The van der Waals surface area contributed by atoms with Gasteiger partial charge in [-0.25, -0.2) is 4.39 Å². The van der Waals surface area contributed by atoms with Crippen molar-refractivity contribution in [3.63, 3.8) is 0 Å². The van der Waals surface area contributed by atoms with E-state index in [1.165, 1.54) is 5.56 Å². The van der Waals surface area contributed by atoms with Crippen LogP contribution in [0.25, 0.3) is 71.9 Å². The smallest absolute Gasteiger partial charge is 0.151 e. The Bertz CT molecular complexity index is 2680. The molecule has 6 heteroatoms. The molecule has 5 aromatic carbocycles. The summed E-state index contributed by atoms with van der Waals surface area (Å²) in [7, 11) is 0. The molecule has 0 spiro atoms. The Hall–Kier alpha value is -5.42. The first-order chi connectivity index (χ1) is 25.5. The van der Waals surface area contributed by atoms with E-state index in [1.807, 2.05) is 102 Å². The largest absolute Gasteiger partial charge is 0.498 e. The molecule has 0 unspecified atom stereocenters. The van der Waals surface area contributed by atoms with E-state index in [9.17, 15) is 0 Å². The van der Waals surface area contributed by atoms with Gasteiger partial charge in [-0.15, -0.1) is 53.6 Å². The fourth-order valence-corrected chi connectivity index (χ4v) is 7.06. The monoisotopic (exact) mass is 886 g/mol. The maximum atomic E-state index is 15.9. The summed E-state index contributed by atoms with van der Waals surface area (Å²) in [6.07, 6.45) is 3.72. The van der Waals surface area contributed by atoms with Gasteiger partial charge in [-0.3, -0.25) is 0 Å². The summed E-state index contributed by atoms with van der Waals surface area (Å²) in [4.78, 5) is 9.05. The maximum Gasteiger partial charge on any atom is 0.151 e. The van der Waals surface area contributed by atoms with Crippen molar-refractivity contribution < 1.29 is 28.9 Å². The number of nitrogens with zero attached hydrogens (tertiary/aromatic N) is 3. The number of pyridine rings is 2. The summed E-state index contributed by atoms with van der Waals surface area (Å²) in [6, 6.07) is 46.2. The Morgan fingerprint density at radius 2 is 1.31 bits per heavy atom. The number of benzene rings is 5. The van der Waals surface area contributed by atoms with E-state index in [0.717, 1.165) is 60.7 Å². The normalized spacial score (nSPS) is 11.8. The maximum absolute atomic E-state index is 15.9. The van der Waals surface area contributed by atoms with Crippen LogP contribution in [-0.4, -0.2) is 14.5 Å². The molecule has 0 aliphatic carbocycles. The van der Waals surface area contributed by atoms with Crippen molar-refractivity contribution in [2.24, 2.45) is 0 Å². The number of fused-ring (bicyclic) bond motifs is 6. The molecule has 4 nitrogen and oxygen atoms in total. The summed E-state index contributed by atoms with van der Waals surface area (Å²) in [5.74, 6) is -0.335. The third kappa shape index (κ3) is 6.66. The van der Waals surface area contributed by atoms with Gasteiger partial charge in [-0.05, 0) is 58.1 Å². The zero-order valence-corrected chi connectivity index (χ0v) is 33.6. The van der Waals surface area contributed by atoms with Gasteiger partial charge < -0.3 is 19.0 Å². The topological polar surface area (TPSA) is 43.9 Å². The molecule has 0 fully saturated rings. The van der Waals surface area contributed by atoms with Crippen LogP contribution in [-0.2, 0) is 30.9 Å². The van der Waals surface area contributed by atoms with Gasteiger partial charge in [0.2, 0.25) is 0 Å². The van der Waals surface area contributed by atoms with Crippen LogP contribution in [0.15, 0.2) is 138 Å². The van der Waals surface area contributed by atoms with E-state index >= 15 is 4.39 Å². The first-order valence-electron chi connectivity index (χ1n) is 17.9. The molecule has 0 aliphatic rings. The zero-order valence-electron chi connectivity index (χ0n) is 31.2. The van der Waals surface area contributed by atoms with Crippen LogP contribution in [0.2, 0.25) is 0 Å². The minimum atomic E-state index is -0.335. The molecule has 271 valence electrons. The van der Waals surface area contributed by atoms with E-state index < -0.39 is 0 Å². The fraction of sp³-hybridized carbons (Fsp3) is 0.167. The number of para-hydroxylation sites is 2. The minimum absolute atomic E-state index is 0. The van der Waals surface area contributed by atoms with E-state index in [4.69, 9.17) is 4.42 Å². The number of aromatic nitrogens is 3. The number of furan rings is 1. The zero-order chi connectivity index (χ0) is 36.9. The molecular formula is C48H40FIrN3O-2. The molecule has 9 rings (SSSR count). The molecule has 4 aromatic heterocycles. The van der Waals surface area contributed by atoms with Crippen molar-refractivity contribution in [3.8, 4) is 28.2 Å². The predicted octanol–water partition coefficient (Wildman–Crippen LogP) is 12.8. The molecule has 0 saturated carbocycles. The summed E-state index contributed by atoms with van der Waals surface area (Å²) < 4.78 is 24.6. The Kier molecular flexibility index (Phi) is 9.87. The van der Waals surface area contributed by atoms with Gasteiger partial charge in [0.25, 0.3) is 0 Å². The summed E-state index contributed by atoms with van der Waals surface area (Å²) in [5.41, 5.74) is 9.38. The molecule has 4 heterocycles. The number of halogens is 1. The van der Waals surface area contributed by atoms with E-state index in [-0.39, 0.29) is 36.8 Å². The Labute approximate surface area is 329 Å². The molecule has 0 aliphatic heterocycles. The number of hydrogen-bond acceptors (Lipinski definition) is 3. The fourth-order valence-electron chi connectivity index (χ4n) is 7.06. The minimum Gasteiger partial charge on any atom is -0.498 e. The summed E-state index contributed by atoms with van der Waals surface area (Å²) >= 11 is 0. The molecule has 0 atom stereocenters. The standard InChI is InChI=1S/C33H24FN2O.C15H16N.Ir/c1-33(2,3)24-17-15-22(26-12-8-9-19-35-26)31-29(24)23-16-18-25(34)30(32(23)37-31)36-27-13-6-4-10-20(27)21-11-5-7-14-28(21)36;1-15(2,3)13-9-10-14(16-11-13)12-7-5-4-6-8-12;/h4-14,16-19H,1-3H3;4-7,9-11H,1-3H3;/q2*-1;. The van der Waals surface area contributed by atoms with Crippen molar-refractivity contribution in [1.82, 2.24) is 14.5 Å². The van der Waals surface area contributed by atoms with Crippen molar-refractivity contribution in [2.45, 2.75) is 52.4 Å². The Morgan fingerprint density at radius 3 is 1.91 bits per heavy atom. The van der Waals surface area contributed by atoms with Crippen molar-refractivity contribution >= 4 is 43.7 Å². The van der Waals surface area contributed by atoms with Crippen LogP contribution in [0, 0.1) is 17.9 Å². The van der Waals surface area contributed by atoms with Gasteiger partial charge in [0.05, 0.1) is 16.6 Å². The van der Waals surface area contributed by atoms with Crippen LogP contribution in [0.4, 0.5) is 4.39 Å². The third-order valence-electron chi connectivity index (χ3n) is 9.79. The first-order valence-corrected chi connectivity index (χ1v) is 17.9. The van der Waals surface area contributed by atoms with E-state index in [0.29, 0.717) is 16.9 Å². The van der Waals surface area contributed by atoms with Gasteiger partial charge >= 0.3 is 0 Å². The molecule has 9 aromatic rings. The molecular weight excluding hydrogens is 846 g/mol. The molecule has 0 amide bonds. The summed E-state index contributed by atoms with van der Waals surface area (Å²) in [6.45, 7) is 13.1. The Balaban J connectivity index is 0.000000223. The molecule has 1 radical (unpaired) electrons. The molecule has 0 saturated heterocycles. The van der Waals surface area contributed by atoms with E-state index in [2.05, 4.69) is 87.9 Å². The molecule has 0 N–H and O–H groups in total.